The zero-order chi connectivity index (χ0) is 6.69. The van der Waals surface area contributed by atoms with Crippen LogP contribution < -0.4 is 11.3 Å². The summed E-state index contributed by atoms with van der Waals surface area (Å²) in [7, 11) is 0. The van der Waals surface area contributed by atoms with Crippen molar-refractivity contribution < 1.29 is 0 Å². The highest BCUT2D eigenvalue weighted by Crippen LogP contribution is 2.13. The van der Waals surface area contributed by atoms with E-state index in [0.717, 1.165) is 10.2 Å². The van der Waals surface area contributed by atoms with E-state index in [0.29, 0.717) is 0 Å². The van der Waals surface area contributed by atoms with Crippen LogP contribution in [0.25, 0.3) is 0 Å². The Balaban J connectivity index is 0.000000810. The largest absolute Gasteiger partial charge is 0.324 e. The van der Waals surface area contributed by atoms with Gasteiger partial charge in [0, 0.05) is 10.2 Å². The predicted octanol–water partition coefficient (Wildman–Crippen LogP) is 2.31. The van der Waals surface area contributed by atoms with Gasteiger partial charge in [0.15, 0.2) is 0 Å². The lowest BCUT2D eigenvalue weighted by Gasteiger charge is -1.97. The SMILES string of the molecule is Br.NNc1cccc(Br)c1. The first-order valence-electron chi connectivity index (χ1n) is 2.55. The molecule has 10 heavy (non-hydrogen) atoms. The van der Waals surface area contributed by atoms with Crippen molar-refractivity contribution in [2.75, 3.05) is 5.43 Å². The maximum Gasteiger partial charge on any atom is 0.0496 e. The van der Waals surface area contributed by atoms with Gasteiger partial charge in [-0.3, -0.25) is 5.84 Å². The number of nitrogens with one attached hydrogen (secondary N) is 1. The summed E-state index contributed by atoms with van der Waals surface area (Å²) < 4.78 is 1.03. The van der Waals surface area contributed by atoms with E-state index in [1.54, 1.807) is 0 Å². The third-order valence-corrected chi connectivity index (χ3v) is 1.48. The lowest BCUT2D eigenvalue weighted by Crippen LogP contribution is -2.05. The van der Waals surface area contributed by atoms with Crippen LogP contribution in [-0.2, 0) is 0 Å². The Labute approximate surface area is 78.7 Å². The van der Waals surface area contributed by atoms with Crippen LogP contribution in [0, 0.1) is 0 Å². The zero-order valence-electron chi connectivity index (χ0n) is 5.17. The van der Waals surface area contributed by atoms with Gasteiger partial charge >= 0.3 is 0 Å². The third kappa shape index (κ3) is 2.68. The maximum atomic E-state index is 5.15. The molecule has 1 aromatic rings. The van der Waals surface area contributed by atoms with Gasteiger partial charge in [-0.25, -0.2) is 0 Å². The molecule has 3 N–H and O–H groups in total. The molecule has 0 saturated heterocycles. The van der Waals surface area contributed by atoms with Gasteiger partial charge in [0.1, 0.15) is 0 Å². The van der Waals surface area contributed by atoms with E-state index in [-0.39, 0.29) is 17.0 Å². The summed E-state index contributed by atoms with van der Waals surface area (Å²) in [5.41, 5.74) is 3.44. The first-order valence-corrected chi connectivity index (χ1v) is 3.34. The fourth-order valence-electron chi connectivity index (χ4n) is 0.578. The van der Waals surface area contributed by atoms with Gasteiger partial charge in [-0.15, -0.1) is 17.0 Å². The summed E-state index contributed by atoms with van der Waals surface area (Å²) in [6.45, 7) is 0. The van der Waals surface area contributed by atoms with Crippen molar-refractivity contribution in [1.29, 1.82) is 0 Å². The van der Waals surface area contributed by atoms with Crippen molar-refractivity contribution >= 4 is 38.6 Å². The first kappa shape index (κ1) is 9.94. The highest BCUT2D eigenvalue weighted by molar-refractivity contribution is 9.10. The molecule has 1 rings (SSSR count). The van der Waals surface area contributed by atoms with Gasteiger partial charge in [-0.1, -0.05) is 22.0 Å². The van der Waals surface area contributed by atoms with E-state index in [1.807, 2.05) is 24.3 Å². The Bertz CT molecular complexity index is 203. The quantitative estimate of drug-likeness (QED) is 0.605. The van der Waals surface area contributed by atoms with Gasteiger partial charge in [0.25, 0.3) is 0 Å². The second-order valence-corrected chi connectivity index (χ2v) is 2.57. The Morgan fingerprint density at radius 2 is 2.10 bits per heavy atom. The second-order valence-electron chi connectivity index (χ2n) is 1.65. The van der Waals surface area contributed by atoms with E-state index in [2.05, 4.69) is 21.4 Å². The Hall–Kier alpha value is -0.0600. The summed E-state index contributed by atoms with van der Waals surface area (Å²) in [5.74, 6) is 5.15. The molecular formula is C6H8Br2N2. The van der Waals surface area contributed by atoms with E-state index in [9.17, 15) is 0 Å². The smallest absolute Gasteiger partial charge is 0.0496 e. The lowest BCUT2D eigenvalue weighted by atomic mass is 10.3. The lowest BCUT2D eigenvalue weighted by molar-refractivity contribution is 1.35. The molecule has 0 atom stereocenters. The van der Waals surface area contributed by atoms with Crippen LogP contribution in [0.15, 0.2) is 28.7 Å². The number of nitrogen functional groups attached to an aromatic ring is 1. The van der Waals surface area contributed by atoms with Crippen LogP contribution in [0.4, 0.5) is 5.69 Å². The second kappa shape index (κ2) is 4.71. The normalized spacial score (nSPS) is 8.20. The van der Waals surface area contributed by atoms with Gasteiger partial charge in [-0.2, -0.15) is 0 Å². The Morgan fingerprint density at radius 3 is 2.50 bits per heavy atom. The van der Waals surface area contributed by atoms with E-state index >= 15 is 0 Å². The molecular weight excluding hydrogens is 260 g/mol. The van der Waals surface area contributed by atoms with Crippen LogP contribution >= 0.6 is 32.9 Å². The van der Waals surface area contributed by atoms with Crippen LogP contribution in [0.2, 0.25) is 0 Å². The molecule has 0 amide bonds. The summed E-state index contributed by atoms with van der Waals surface area (Å²) in [6.07, 6.45) is 0. The average molecular weight is 268 g/mol. The van der Waals surface area contributed by atoms with Gasteiger partial charge in [0.2, 0.25) is 0 Å². The predicted molar refractivity (Wildman–Crippen MR) is 52.3 cm³/mol. The highest BCUT2D eigenvalue weighted by atomic mass is 79.9. The van der Waals surface area contributed by atoms with Crippen LogP contribution in [0.3, 0.4) is 0 Å². The van der Waals surface area contributed by atoms with Crippen molar-refractivity contribution in [2.45, 2.75) is 0 Å². The fraction of sp³-hybridized carbons (Fsp3) is 0. The van der Waals surface area contributed by atoms with Crippen molar-refractivity contribution in [3.8, 4) is 0 Å². The molecule has 0 saturated carbocycles. The summed E-state index contributed by atoms with van der Waals surface area (Å²) in [5, 5.41) is 0. The number of nitrogens with two attached hydrogens (primary N) is 1. The van der Waals surface area contributed by atoms with Crippen molar-refractivity contribution in [2.24, 2.45) is 5.84 Å². The summed E-state index contributed by atoms with van der Waals surface area (Å²) in [4.78, 5) is 0. The molecule has 56 valence electrons. The minimum absolute atomic E-state index is 0. The van der Waals surface area contributed by atoms with Gasteiger partial charge < -0.3 is 5.43 Å². The zero-order valence-corrected chi connectivity index (χ0v) is 8.47. The van der Waals surface area contributed by atoms with Crippen LogP contribution in [0.5, 0.6) is 0 Å². The molecule has 4 heteroatoms. The molecule has 0 spiro atoms. The molecule has 0 aliphatic rings. The van der Waals surface area contributed by atoms with Gasteiger partial charge in [0.05, 0.1) is 0 Å². The number of anilines is 1. The topological polar surface area (TPSA) is 38.0 Å². The van der Waals surface area contributed by atoms with Gasteiger partial charge in [-0.05, 0) is 18.2 Å². The third-order valence-electron chi connectivity index (χ3n) is 0.991. The molecule has 2 nitrogen and oxygen atoms in total. The number of hydrazine groups is 1. The van der Waals surface area contributed by atoms with E-state index in [1.165, 1.54) is 0 Å². The van der Waals surface area contributed by atoms with E-state index < -0.39 is 0 Å². The number of halogens is 2. The Kier molecular flexibility index (Phi) is 4.68. The van der Waals surface area contributed by atoms with Crippen LogP contribution in [-0.4, -0.2) is 0 Å². The molecule has 0 aromatic heterocycles. The molecule has 0 heterocycles. The van der Waals surface area contributed by atoms with Crippen LogP contribution in [0.1, 0.15) is 0 Å². The fourth-order valence-corrected chi connectivity index (χ4v) is 0.978. The maximum absolute atomic E-state index is 5.15. The molecule has 0 unspecified atom stereocenters. The van der Waals surface area contributed by atoms with Crippen molar-refractivity contribution in [3.63, 3.8) is 0 Å². The minimum Gasteiger partial charge on any atom is -0.324 e. The standard InChI is InChI=1S/C6H7BrN2.BrH/c7-5-2-1-3-6(4-5)9-8;/h1-4,9H,8H2;1H. The first-order chi connectivity index (χ1) is 4.33. The minimum atomic E-state index is 0. The number of hydrogen-bond donors (Lipinski definition) is 2. The molecule has 0 aliphatic carbocycles. The monoisotopic (exact) mass is 266 g/mol. The number of hydrogen-bond acceptors (Lipinski definition) is 2. The van der Waals surface area contributed by atoms with Crippen molar-refractivity contribution in [1.82, 2.24) is 0 Å². The number of benzene rings is 1. The molecule has 0 fully saturated rings. The molecule has 0 bridgehead atoms. The van der Waals surface area contributed by atoms with E-state index in [4.69, 9.17) is 5.84 Å². The average Bonchev–Trinajstić information content (AvgIpc) is 1.88. The summed E-state index contributed by atoms with van der Waals surface area (Å²) in [6, 6.07) is 7.66. The van der Waals surface area contributed by atoms with Crippen molar-refractivity contribution in [3.05, 3.63) is 28.7 Å². The highest BCUT2D eigenvalue weighted by Gasteiger charge is 1.86. The molecule has 0 aliphatic heterocycles. The molecule has 0 radical (unpaired) electrons. The molecule has 1 aromatic carbocycles. The Morgan fingerprint density at radius 1 is 1.40 bits per heavy atom. The number of rotatable bonds is 1. The summed E-state index contributed by atoms with van der Waals surface area (Å²) >= 11 is 3.31.